The molecule has 0 bridgehead atoms. The molecule has 2 unspecified atom stereocenters. The Hall–Kier alpha value is -1.10. The standard InChI is InChI=1S/C16H27NO4/c1-12(13-5-8-21-11-13)17-14(18)9-16(10-15(19)20)6-3-2-4-7-16/h12-13H,2-11H2,1H3,(H,17,18)(H,19,20). The Morgan fingerprint density at radius 1 is 1.29 bits per heavy atom. The highest BCUT2D eigenvalue weighted by molar-refractivity contribution is 5.78. The predicted molar refractivity (Wildman–Crippen MR) is 78.9 cm³/mol. The zero-order valence-electron chi connectivity index (χ0n) is 12.9. The summed E-state index contributed by atoms with van der Waals surface area (Å²) in [4.78, 5) is 23.5. The maximum absolute atomic E-state index is 12.3. The number of aliphatic carboxylic acids is 1. The fraction of sp³-hybridized carbons (Fsp3) is 0.875. The molecule has 0 aromatic rings. The minimum Gasteiger partial charge on any atom is -0.481 e. The maximum atomic E-state index is 12.3. The van der Waals surface area contributed by atoms with Gasteiger partial charge in [-0.15, -0.1) is 0 Å². The fourth-order valence-electron chi connectivity index (χ4n) is 3.75. The maximum Gasteiger partial charge on any atom is 0.303 e. The first-order valence-corrected chi connectivity index (χ1v) is 8.10. The SMILES string of the molecule is CC(NC(=O)CC1(CC(=O)O)CCCCC1)C1CCOC1. The topological polar surface area (TPSA) is 75.6 Å². The largest absolute Gasteiger partial charge is 0.481 e. The Balaban J connectivity index is 1.89. The van der Waals surface area contributed by atoms with Gasteiger partial charge in [0, 0.05) is 25.0 Å². The number of hydrogen-bond acceptors (Lipinski definition) is 3. The highest BCUT2D eigenvalue weighted by Gasteiger charge is 2.37. The lowest BCUT2D eigenvalue weighted by molar-refractivity contribution is -0.141. The number of ether oxygens (including phenoxy) is 1. The van der Waals surface area contributed by atoms with Crippen LogP contribution in [0.3, 0.4) is 0 Å². The molecule has 0 spiro atoms. The highest BCUT2D eigenvalue weighted by atomic mass is 16.5. The van der Waals surface area contributed by atoms with Crippen LogP contribution in [0.5, 0.6) is 0 Å². The van der Waals surface area contributed by atoms with Crippen LogP contribution in [-0.2, 0) is 14.3 Å². The van der Waals surface area contributed by atoms with E-state index in [9.17, 15) is 9.59 Å². The molecule has 0 radical (unpaired) electrons. The molecule has 1 amide bonds. The molecule has 1 aliphatic carbocycles. The van der Waals surface area contributed by atoms with Gasteiger partial charge in [-0.05, 0) is 31.6 Å². The molecule has 2 atom stereocenters. The minimum absolute atomic E-state index is 0.00227. The van der Waals surface area contributed by atoms with Gasteiger partial charge in [-0.25, -0.2) is 0 Å². The van der Waals surface area contributed by atoms with Crippen molar-refractivity contribution in [3.05, 3.63) is 0 Å². The summed E-state index contributed by atoms with van der Waals surface area (Å²) in [5.74, 6) is -0.407. The van der Waals surface area contributed by atoms with E-state index in [0.717, 1.165) is 45.1 Å². The molecule has 1 saturated heterocycles. The zero-order valence-corrected chi connectivity index (χ0v) is 12.9. The molecule has 2 rings (SSSR count). The van der Waals surface area contributed by atoms with Gasteiger partial charge in [0.1, 0.15) is 0 Å². The molecular formula is C16H27NO4. The van der Waals surface area contributed by atoms with E-state index in [-0.39, 0.29) is 23.8 Å². The van der Waals surface area contributed by atoms with Gasteiger partial charge in [0.25, 0.3) is 0 Å². The molecule has 2 aliphatic rings. The molecule has 0 aromatic carbocycles. The van der Waals surface area contributed by atoms with E-state index < -0.39 is 5.97 Å². The summed E-state index contributed by atoms with van der Waals surface area (Å²) >= 11 is 0. The van der Waals surface area contributed by atoms with Crippen molar-refractivity contribution >= 4 is 11.9 Å². The van der Waals surface area contributed by atoms with Gasteiger partial charge >= 0.3 is 5.97 Å². The Labute approximate surface area is 126 Å². The Bertz CT molecular complexity index is 370. The molecule has 5 heteroatoms. The van der Waals surface area contributed by atoms with Crippen molar-refractivity contribution in [2.75, 3.05) is 13.2 Å². The van der Waals surface area contributed by atoms with Gasteiger partial charge in [0.15, 0.2) is 0 Å². The predicted octanol–water partition coefficient (Wildman–Crippen LogP) is 2.34. The number of nitrogens with one attached hydrogen (secondary N) is 1. The lowest BCUT2D eigenvalue weighted by atomic mass is 9.69. The summed E-state index contributed by atoms with van der Waals surface area (Å²) in [6.07, 6.45) is 6.37. The third-order valence-corrected chi connectivity index (χ3v) is 5.04. The van der Waals surface area contributed by atoms with Gasteiger partial charge in [-0.1, -0.05) is 19.3 Å². The van der Waals surface area contributed by atoms with E-state index in [1.807, 2.05) is 6.92 Å². The van der Waals surface area contributed by atoms with Crippen LogP contribution in [0, 0.1) is 11.3 Å². The van der Waals surface area contributed by atoms with Crippen molar-refractivity contribution in [3.63, 3.8) is 0 Å². The molecule has 120 valence electrons. The molecule has 0 aromatic heterocycles. The second-order valence-corrected chi connectivity index (χ2v) is 6.79. The number of amides is 1. The number of carboxylic acid groups (broad SMARTS) is 1. The van der Waals surface area contributed by atoms with Crippen LogP contribution in [0.15, 0.2) is 0 Å². The fourth-order valence-corrected chi connectivity index (χ4v) is 3.75. The third kappa shape index (κ3) is 4.70. The van der Waals surface area contributed by atoms with Gasteiger partial charge in [0.2, 0.25) is 5.91 Å². The summed E-state index contributed by atoms with van der Waals surface area (Å²) < 4.78 is 5.35. The molecule has 1 saturated carbocycles. The van der Waals surface area contributed by atoms with E-state index in [0.29, 0.717) is 18.9 Å². The van der Waals surface area contributed by atoms with Crippen molar-refractivity contribution in [2.24, 2.45) is 11.3 Å². The molecule has 5 nitrogen and oxygen atoms in total. The minimum atomic E-state index is -0.790. The highest BCUT2D eigenvalue weighted by Crippen LogP contribution is 2.42. The average molecular weight is 297 g/mol. The number of carbonyl (C=O) groups excluding carboxylic acids is 1. The Morgan fingerprint density at radius 3 is 2.57 bits per heavy atom. The first-order valence-electron chi connectivity index (χ1n) is 8.10. The van der Waals surface area contributed by atoms with E-state index >= 15 is 0 Å². The van der Waals surface area contributed by atoms with Crippen molar-refractivity contribution in [3.8, 4) is 0 Å². The summed E-state index contributed by atoms with van der Waals surface area (Å²) in [7, 11) is 0. The molecular weight excluding hydrogens is 270 g/mol. The smallest absolute Gasteiger partial charge is 0.303 e. The number of rotatable bonds is 6. The van der Waals surface area contributed by atoms with Gasteiger partial charge in [-0.3, -0.25) is 9.59 Å². The molecule has 1 heterocycles. The second kappa shape index (κ2) is 7.25. The quantitative estimate of drug-likeness (QED) is 0.789. The van der Waals surface area contributed by atoms with Gasteiger partial charge in [-0.2, -0.15) is 0 Å². The lowest BCUT2D eigenvalue weighted by Crippen LogP contribution is -2.42. The Kier molecular flexibility index (Phi) is 5.62. The van der Waals surface area contributed by atoms with Gasteiger partial charge in [0.05, 0.1) is 13.0 Å². The molecule has 1 aliphatic heterocycles. The molecule has 21 heavy (non-hydrogen) atoms. The number of hydrogen-bond donors (Lipinski definition) is 2. The zero-order chi connectivity index (χ0) is 15.3. The summed E-state index contributed by atoms with van der Waals surface area (Å²) in [6.45, 7) is 3.50. The average Bonchev–Trinajstić information content (AvgIpc) is 2.92. The van der Waals surface area contributed by atoms with E-state index in [2.05, 4.69) is 5.32 Å². The summed E-state index contributed by atoms with van der Waals surface area (Å²) in [5, 5.41) is 12.2. The van der Waals surface area contributed by atoms with Crippen LogP contribution in [0.2, 0.25) is 0 Å². The monoisotopic (exact) mass is 297 g/mol. The van der Waals surface area contributed by atoms with Crippen LogP contribution < -0.4 is 5.32 Å². The van der Waals surface area contributed by atoms with Crippen molar-refractivity contribution in [1.82, 2.24) is 5.32 Å². The third-order valence-electron chi connectivity index (χ3n) is 5.04. The number of carbonyl (C=O) groups is 2. The van der Waals surface area contributed by atoms with Crippen molar-refractivity contribution in [1.29, 1.82) is 0 Å². The van der Waals surface area contributed by atoms with Crippen molar-refractivity contribution < 1.29 is 19.4 Å². The van der Waals surface area contributed by atoms with Crippen molar-refractivity contribution in [2.45, 2.75) is 64.3 Å². The normalized spacial score (nSPS) is 26.2. The van der Waals surface area contributed by atoms with Crippen LogP contribution in [-0.4, -0.2) is 36.2 Å². The first kappa shape index (κ1) is 16.3. The molecule has 2 N–H and O–H groups in total. The summed E-state index contributed by atoms with van der Waals surface area (Å²) in [6, 6.07) is 0.102. The van der Waals surface area contributed by atoms with Crippen LogP contribution >= 0.6 is 0 Å². The first-order chi connectivity index (χ1) is 10.0. The second-order valence-electron chi connectivity index (χ2n) is 6.79. The van der Waals surface area contributed by atoms with E-state index in [1.54, 1.807) is 0 Å². The lowest BCUT2D eigenvalue weighted by Gasteiger charge is -2.36. The van der Waals surface area contributed by atoms with E-state index in [1.165, 1.54) is 0 Å². The molecule has 2 fully saturated rings. The van der Waals surface area contributed by atoms with E-state index in [4.69, 9.17) is 9.84 Å². The Morgan fingerprint density at radius 2 is 2.00 bits per heavy atom. The summed E-state index contributed by atoms with van der Waals surface area (Å²) in [5.41, 5.74) is -0.333. The van der Waals surface area contributed by atoms with Crippen LogP contribution in [0.4, 0.5) is 0 Å². The van der Waals surface area contributed by atoms with Gasteiger partial charge < -0.3 is 15.2 Å². The number of carboxylic acids is 1. The van der Waals surface area contributed by atoms with Crippen LogP contribution in [0.1, 0.15) is 58.3 Å². The van der Waals surface area contributed by atoms with Crippen LogP contribution in [0.25, 0.3) is 0 Å².